The van der Waals surface area contributed by atoms with Gasteiger partial charge in [-0.3, -0.25) is 4.57 Å². The maximum atomic E-state index is 5.42. The Labute approximate surface area is 819 Å². The summed E-state index contributed by atoms with van der Waals surface area (Å²) >= 11 is 0. The summed E-state index contributed by atoms with van der Waals surface area (Å²) in [6, 6.07) is 182. The average molecular weight is 1810 g/mol. The summed E-state index contributed by atoms with van der Waals surface area (Å²) < 4.78 is 4.71. The summed E-state index contributed by atoms with van der Waals surface area (Å²) in [6.07, 6.45) is 0. The quantitative estimate of drug-likeness (QED) is 0.106. The molecule has 0 saturated carbocycles. The Morgan fingerprint density at radius 1 is 0.134 bits per heavy atom. The van der Waals surface area contributed by atoms with Gasteiger partial charge in [0.05, 0.1) is 22.1 Å². The van der Waals surface area contributed by atoms with E-state index in [-0.39, 0.29) is 0 Å². The van der Waals surface area contributed by atoms with E-state index in [1.807, 2.05) is 72.8 Å². The van der Waals surface area contributed by atoms with Crippen molar-refractivity contribution in [2.24, 2.45) is 0 Å². The SMILES string of the molecule is c1ccc(-c2ccc(-c3c(-c4nc(-c5ccccc5)nc(-c5ccccc5)n4)ccc4c5ccccc5c5ccccc5c34)cc2)cc1.c1ccc(-c2nc(-c3ccccc3)nc(-c3c(-c4ccccc4)ccc4c5ccccc5c5ccccc5c34)n2)cc1.c1ccc(-n2c(-c3cc(-c4ccc5c(c4)c4ccccc4n5-c4ccccc4)cc4c5ccccc5c5ccccc5c34)nc3ccccc32)cc1. The molecule has 0 unspecified atom stereocenters. The minimum absolute atomic E-state index is 0.643. The van der Waals surface area contributed by atoms with E-state index in [9.17, 15) is 0 Å². The molecule has 0 spiro atoms. The minimum atomic E-state index is 0.643. The van der Waals surface area contributed by atoms with Crippen LogP contribution in [0.1, 0.15) is 0 Å². The summed E-state index contributed by atoms with van der Waals surface area (Å²) in [5.74, 6) is 4.83. The molecule has 0 N–H and O–H groups in total. The largest absolute Gasteiger partial charge is 0.309 e. The lowest BCUT2D eigenvalue weighted by Gasteiger charge is -2.18. The van der Waals surface area contributed by atoms with Crippen molar-refractivity contribution >= 4 is 130 Å². The molecule has 142 heavy (non-hydrogen) atoms. The Hall–Kier alpha value is -19.1. The van der Waals surface area contributed by atoms with Gasteiger partial charge in [0.25, 0.3) is 0 Å². The molecular weight excluding hydrogens is 1720 g/mol. The highest BCUT2D eigenvalue weighted by atomic mass is 15.1. The minimum Gasteiger partial charge on any atom is -0.309 e. The molecule has 24 aromatic carbocycles. The Morgan fingerprint density at radius 2 is 0.437 bits per heavy atom. The molecule has 28 aromatic rings. The molecular formula is C133H85N9. The number of rotatable bonds is 13. The van der Waals surface area contributed by atoms with Crippen molar-refractivity contribution in [2.45, 2.75) is 0 Å². The first-order valence-electron chi connectivity index (χ1n) is 48.2. The normalized spacial score (nSPS) is 11.5. The van der Waals surface area contributed by atoms with Crippen molar-refractivity contribution in [3.05, 3.63) is 516 Å². The van der Waals surface area contributed by atoms with Crippen molar-refractivity contribution < 1.29 is 0 Å². The third-order valence-electron chi connectivity index (χ3n) is 27.7. The van der Waals surface area contributed by atoms with Crippen LogP contribution in [0, 0.1) is 0 Å². The standard InChI is InChI=1S/C49H31N3.C45H29N3.C39H25N3/c1-3-15-34(16-4-1)51-45-25-13-11-22-39(45)41-29-32(27-28-46(41)51)33-30-42-38-21-8-7-19-36(38)37-20-9-10-23-40(37)48(42)43(31-33)49-50-44-24-12-14-26-47(44)52(49)35-17-5-2-6-18-35;1-4-14-30(15-5-1)31-24-26-32(27-25-31)41-40(29-28-39-37-22-11-10-20-35(37)36-21-12-13-23-38(36)42(39)41)45-47-43(33-16-6-2-7-17-33)46-44(48-45)34-18-8-3-9-19-34;1-4-14-26(15-5-1)29-24-25-34-32-22-11-10-20-30(32)31-21-12-13-23-33(31)35(34)36(29)39-41-37(27-16-6-2-7-17-27)40-38(42-39)28-18-8-3-9-19-28/h1-31H;1-29H;1-25H. The van der Waals surface area contributed by atoms with Crippen molar-refractivity contribution in [1.29, 1.82) is 0 Å². The Bertz CT molecular complexity index is 9560. The highest BCUT2D eigenvalue weighted by Crippen LogP contribution is 2.50. The molecule has 0 fully saturated rings. The van der Waals surface area contributed by atoms with Crippen molar-refractivity contribution in [3.63, 3.8) is 0 Å². The molecule has 0 saturated heterocycles. The van der Waals surface area contributed by atoms with Crippen LogP contribution in [0.25, 0.3) is 265 Å². The molecule has 0 aliphatic carbocycles. The van der Waals surface area contributed by atoms with Crippen molar-refractivity contribution in [1.82, 2.24) is 44.0 Å². The van der Waals surface area contributed by atoms with Crippen molar-refractivity contribution in [3.8, 4) is 136 Å². The van der Waals surface area contributed by atoms with E-state index in [0.29, 0.717) is 34.9 Å². The van der Waals surface area contributed by atoms with Crippen LogP contribution in [0.3, 0.4) is 0 Å². The molecule has 0 amide bonds. The molecule has 0 bridgehead atoms. The molecule has 4 heterocycles. The molecule has 4 aromatic heterocycles. The predicted molar refractivity (Wildman–Crippen MR) is 592 cm³/mol. The summed E-state index contributed by atoms with van der Waals surface area (Å²) in [4.78, 5) is 36.1. The van der Waals surface area contributed by atoms with E-state index >= 15 is 0 Å². The van der Waals surface area contributed by atoms with E-state index < -0.39 is 0 Å². The number of imidazole rings is 1. The smallest absolute Gasteiger partial charge is 0.165 e. The van der Waals surface area contributed by atoms with Gasteiger partial charge in [-0.1, -0.05) is 443 Å². The first kappa shape index (κ1) is 83.5. The van der Waals surface area contributed by atoms with Gasteiger partial charge in [0.1, 0.15) is 5.82 Å². The highest BCUT2D eigenvalue weighted by Gasteiger charge is 2.28. The number of hydrogen-bond donors (Lipinski definition) is 0. The van der Waals surface area contributed by atoms with Gasteiger partial charge in [0.15, 0.2) is 34.9 Å². The third-order valence-corrected chi connectivity index (χ3v) is 27.7. The monoisotopic (exact) mass is 1810 g/mol. The Morgan fingerprint density at radius 3 is 0.901 bits per heavy atom. The zero-order valence-corrected chi connectivity index (χ0v) is 77.1. The molecule has 9 heteroatoms. The number of benzene rings is 24. The van der Waals surface area contributed by atoms with Crippen LogP contribution < -0.4 is 0 Å². The fraction of sp³-hybridized carbons (Fsp3) is 0. The van der Waals surface area contributed by atoms with Gasteiger partial charge in [-0.05, 0) is 198 Å². The van der Waals surface area contributed by atoms with Crippen LogP contribution in [0.4, 0.5) is 0 Å². The second kappa shape index (κ2) is 35.9. The molecule has 0 aliphatic heterocycles. The van der Waals surface area contributed by atoms with Gasteiger partial charge in [0.2, 0.25) is 0 Å². The number of aromatic nitrogens is 9. The first-order chi connectivity index (χ1) is 70.5. The summed E-state index contributed by atoms with van der Waals surface area (Å²) in [6.45, 7) is 0. The number of nitrogens with zero attached hydrogens (tertiary/aromatic N) is 9. The molecule has 28 rings (SSSR count). The molecule has 0 atom stereocenters. The number of fused-ring (bicyclic) bond motifs is 22. The maximum absolute atomic E-state index is 5.42. The molecule has 662 valence electrons. The van der Waals surface area contributed by atoms with Gasteiger partial charge in [-0.25, -0.2) is 34.9 Å². The first-order valence-corrected chi connectivity index (χ1v) is 48.2. The topological polar surface area (TPSA) is 100 Å². The molecule has 0 radical (unpaired) electrons. The van der Waals surface area contributed by atoms with Crippen LogP contribution in [-0.4, -0.2) is 44.0 Å². The predicted octanol–water partition coefficient (Wildman–Crippen LogP) is 34.6. The van der Waals surface area contributed by atoms with Gasteiger partial charge in [-0.15, -0.1) is 0 Å². The van der Waals surface area contributed by atoms with Crippen LogP contribution >= 0.6 is 0 Å². The van der Waals surface area contributed by atoms with Gasteiger partial charge >= 0.3 is 0 Å². The Balaban J connectivity index is 0.000000110. The van der Waals surface area contributed by atoms with Crippen molar-refractivity contribution in [2.75, 3.05) is 0 Å². The zero-order valence-electron chi connectivity index (χ0n) is 77.1. The summed E-state index contributed by atoms with van der Waals surface area (Å²) in [5.41, 5.74) is 22.7. The number of hydrogen-bond acceptors (Lipinski definition) is 7. The summed E-state index contributed by atoms with van der Waals surface area (Å²) in [7, 11) is 0. The second-order valence-corrected chi connectivity index (χ2v) is 35.9. The van der Waals surface area contributed by atoms with E-state index in [4.69, 9.17) is 34.9 Å². The maximum Gasteiger partial charge on any atom is 0.165 e. The average Bonchev–Trinajstić information content (AvgIpc) is 1.41. The lowest BCUT2D eigenvalue weighted by molar-refractivity contribution is 1.07. The lowest BCUT2D eigenvalue weighted by atomic mass is 9.86. The highest BCUT2D eigenvalue weighted by molar-refractivity contribution is 6.33. The zero-order chi connectivity index (χ0) is 93.9. The van der Waals surface area contributed by atoms with Gasteiger partial charge in [0, 0.05) is 77.4 Å². The Kier molecular flexibility index (Phi) is 21.1. The fourth-order valence-electron chi connectivity index (χ4n) is 21.3. The molecule has 0 aliphatic rings. The molecule has 9 nitrogen and oxygen atoms in total. The van der Waals surface area contributed by atoms with Crippen LogP contribution in [0.15, 0.2) is 516 Å². The van der Waals surface area contributed by atoms with E-state index in [1.165, 1.54) is 130 Å². The second-order valence-electron chi connectivity index (χ2n) is 35.9. The lowest BCUT2D eigenvalue weighted by Crippen LogP contribution is -2.02. The third kappa shape index (κ3) is 14.9. The number of para-hydroxylation sites is 5. The van der Waals surface area contributed by atoms with E-state index in [2.05, 4.69) is 452 Å². The fourth-order valence-corrected chi connectivity index (χ4v) is 21.3. The van der Waals surface area contributed by atoms with Crippen LogP contribution in [0.2, 0.25) is 0 Å². The van der Waals surface area contributed by atoms with Crippen LogP contribution in [-0.2, 0) is 0 Å². The van der Waals surface area contributed by atoms with E-state index in [1.54, 1.807) is 0 Å². The van der Waals surface area contributed by atoms with Gasteiger partial charge < -0.3 is 4.57 Å². The summed E-state index contributed by atoms with van der Waals surface area (Å²) in [5, 5.41) is 24.4. The van der Waals surface area contributed by atoms with Gasteiger partial charge in [-0.2, -0.15) is 0 Å². The van der Waals surface area contributed by atoms with E-state index in [0.717, 1.165) is 100 Å². The van der Waals surface area contributed by atoms with Crippen LogP contribution in [0.5, 0.6) is 0 Å².